The number of nitrogens with zero attached hydrogens (tertiary/aromatic N) is 2. The predicted octanol–water partition coefficient (Wildman–Crippen LogP) is 5.10. The number of rotatable bonds is 5. The average Bonchev–Trinajstić information content (AvgIpc) is 2.75. The van der Waals surface area contributed by atoms with Crippen molar-refractivity contribution in [2.75, 3.05) is 42.4 Å². The molecule has 0 spiro atoms. The van der Waals surface area contributed by atoms with Crippen LogP contribution >= 0.6 is 11.8 Å². The van der Waals surface area contributed by atoms with Crippen molar-refractivity contribution in [1.29, 1.82) is 0 Å². The van der Waals surface area contributed by atoms with Crippen molar-refractivity contribution < 1.29 is 9.53 Å². The maximum Gasteiger partial charge on any atom is 0.286 e. The van der Waals surface area contributed by atoms with E-state index in [1.54, 1.807) is 12.0 Å². The van der Waals surface area contributed by atoms with Gasteiger partial charge in [-0.3, -0.25) is 4.79 Å². The van der Waals surface area contributed by atoms with E-state index in [1.165, 1.54) is 36.7 Å². The molecule has 2 aromatic carbocycles. The van der Waals surface area contributed by atoms with E-state index < -0.39 is 0 Å². The smallest absolute Gasteiger partial charge is 0.286 e. The molecule has 0 aliphatic carbocycles. The van der Waals surface area contributed by atoms with E-state index in [9.17, 15) is 4.79 Å². The number of carbonyl (C=O) groups excluding carboxylic acids is 1. The van der Waals surface area contributed by atoms with Crippen molar-refractivity contribution in [1.82, 2.24) is 0 Å². The number of piperidine rings is 1. The van der Waals surface area contributed by atoms with Crippen molar-refractivity contribution in [3.05, 3.63) is 47.5 Å². The number of hydrogen-bond acceptors (Lipinski definition) is 5. The molecular weight excluding hydrogens is 370 g/mol. The van der Waals surface area contributed by atoms with Gasteiger partial charge in [-0.1, -0.05) is 17.8 Å². The van der Waals surface area contributed by atoms with Gasteiger partial charge in [0.05, 0.1) is 7.11 Å². The van der Waals surface area contributed by atoms with Crippen LogP contribution in [-0.4, -0.2) is 32.5 Å². The van der Waals surface area contributed by atoms with Crippen LogP contribution in [0.25, 0.3) is 0 Å². The average molecular weight is 398 g/mol. The SMILES string of the molecule is COc1cc2c(cc1CNc1cccc(N3CCCCC3)c1)N(C)C(=O)SC2. The third kappa shape index (κ3) is 3.92. The number of fused-ring (bicyclic) bond motifs is 1. The Bertz CT molecular complexity index is 865. The molecule has 148 valence electrons. The van der Waals surface area contributed by atoms with Crippen LogP contribution in [0.15, 0.2) is 36.4 Å². The Kier molecular flexibility index (Phi) is 5.67. The third-order valence-electron chi connectivity index (χ3n) is 5.52. The van der Waals surface area contributed by atoms with E-state index in [1.807, 2.05) is 7.05 Å². The summed E-state index contributed by atoms with van der Waals surface area (Å²) in [6, 6.07) is 12.8. The van der Waals surface area contributed by atoms with Gasteiger partial charge in [0.2, 0.25) is 0 Å². The summed E-state index contributed by atoms with van der Waals surface area (Å²) in [6.07, 6.45) is 3.88. The molecule has 1 amide bonds. The van der Waals surface area contributed by atoms with Crippen molar-refractivity contribution in [3.63, 3.8) is 0 Å². The number of benzene rings is 2. The van der Waals surface area contributed by atoms with E-state index in [4.69, 9.17) is 4.74 Å². The van der Waals surface area contributed by atoms with Gasteiger partial charge in [0.25, 0.3) is 5.24 Å². The Balaban J connectivity index is 1.52. The fourth-order valence-electron chi connectivity index (χ4n) is 3.91. The van der Waals surface area contributed by atoms with Gasteiger partial charge in [0.1, 0.15) is 5.75 Å². The summed E-state index contributed by atoms with van der Waals surface area (Å²) in [7, 11) is 3.53. The Morgan fingerprint density at radius 3 is 2.75 bits per heavy atom. The minimum absolute atomic E-state index is 0.0887. The van der Waals surface area contributed by atoms with Gasteiger partial charge in [-0.2, -0.15) is 0 Å². The Labute approximate surface area is 171 Å². The fraction of sp³-hybridized carbons (Fsp3) is 0.409. The summed E-state index contributed by atoms with van der Waals surface area (Å²) >= 11 is 1.33. The van der Waals surface area contributed by atoms with Gasteiger partial charge in [-0.05, 0) is 55.2 Å². The second kappa shape index (κ2) is 8.35. The lowest BCUT2D eigenvalue weighted by Crippen LogP contribution is -2.29. The predicted molar refractivity (Wildman–Crippen MR) is 118 cm³/mol. The summed E-state index contributed by atoms with van der Waals surface area (Å²) in [4.78, 5) is 16.2. The van der Waals surface area contributed by atoms with Crippen LogP contribution in [0.4, 0.5) is 21.9 Å². The summed E-state index contributed by atoms with van der Waals surface area (Å²) in [6.45, 7) is 2.93. The second-order valence-corrected chi connectivity index (χ2v) is 8.28. The van der Waals surface area contributed by atoms with Crippen molar-refractivity contribution in [3.8, 4) is 5.75 Å². The lowest BCUT2D eigenvalue weighted by molar-refractivity contribution is 0.266. The van der Waals surface area contributed by atoms with Gasteiger partial charge in [0.15, 0.2) is 0 Å². The monoisotopic (exact) mass is 397 g/mol. The lowest BCUT2D eigenvalue weighted by atomic mass is 10.1. The number of nitrogens with one attached hydrogen (secondary N) is 1. The summed E-state index contributed by atoms with van der Waals surface area (Å²) < 4.78 is 5.62. The van der Waals surface area contributed by atoms with Crippen LogP contribution in [0.2, 0.25) is 0 Å². The summed E-state index contributed by atoms with van der Waals surface area (Å²) in [5.41, 5.74) is 5.55. The highest BCUT2D eigenvalue weighted by atomic mass is 32.2. The normalized spacial score (nSPS) is 16.7. The van der Waals surface area contributed by atoms with Crippen molar-refractivity contribution >= 4 is 34.1 Å². The third-order valence-corrected chi connectivity index (χ3v) is 6.49. The van der Waals surface area contributed by atoms with E-state index in [-0.39, 0.29) is 5.24 Å². The fourth-order valence-corrected chi connectivity index (χ4v) is 4.71. The molecule has 0 atom stereocenters. The first kappa shape index (κ1) is 19.0. The quantitative estimate of drug-likeness (QED) is 0.760. The summed E-state index contributed by atoms with van der Waals surface area (Å²) in [5, 5.41) is 3.62. The molecule has 1 fully saturated rings. The van der Waals surface area contributed by atoms with Crippen LogP contribution < -0.4 is 19.9 Å². The highest BCUT2D eigenvalue weighted by molar-refractivity contribution is 8.13. The highest BCUT2D eigenvalue weighted by Gasteiger charge is 2.23. The molecular formula is C22H27N3O2S. The van der Waals surface area contributed by atoms with Crippen LogP contribution in [0.3, 0.4) is 0 Å². The zero-order chi connectivity index (χ0) is 19.5. The maximum absolute atomic E-state index is 12.0. The lowest BCUT2D eigenvalue weighted by Gasteiger charge is -2.29. The second-order valence-electron chi connectivity index (χ2n) is 7.36. The molecule has 1 N–H and O–H groups in total. The Morgan fingerprint density at radius 1 is 1.14 bits per heavy atom. The molecule has 0 saturated carbocycles. The Morgan fingerprint density at radius 2 is 1.96 bits per heavy atom. The molecule has 1 saturated heterocycles. The van der Waals surface area contributed by atoms with Crippen molar-refractivity contribution in [2.45, 2.75) is 31.6 Å². The molecule has 28 heavy (non-hydrogen) atoms. The van der Waals surface area contributed by atoms with Crippen LogP contribution in [0.1, 0.15) is 30.4 Å². The largest absolute Gasteiger partial charge is 0.496 e. The molecule has 2 aliphatic heterocycles. The first-order valence-electron chi connectivity index (χ1n) is 9.85. The zero-order valence-corrected chi connectivity index (χ0v) is 17.3. The van der Waals surface area contributed by atoms with E-state index in [0.717, 1.165) is 41.3 Å². The maximum atomic E-state index is 12.0. The first-order chi connectivity index (χ1) is 13.7. The minimum Gasteiger partial charge on any atom is -0.496 e. The number of carbonyl (C=O) groups is 1. The van der Waals surface area contributed by atoms with E-state index >= 15 is 0 Å². The molecule has 4 rings (SSSR count). The highest BCUT2D eigenvalue weighted by Crippen LogP contribution is 2.37. The molecule has 6 heteroatoms. The van der Waals surface area contributed by atoms with Crippen LogP contribution in [0, 0.1) is 0 Å². The molecule has 0 radical (unpaired) electrons. The summed E-state index contributed by atoms with van der Waals surface area (Å²) in [5.74, 6) is 1.56. The van der Waals surface area contributed by atoms with E-state index in [2.05, 4.69) is 46.6 Å². The van der Waals surface area contributed by atoms with Crippen LogP contribution in [0.5, 0.6) is 5.75 Å². The van der Waals surface area contributed by atoms with Gasteiger partial charge in [0, 0.05) is 55.1 Å². The van der Waals surface area contributed by atoms with E-state index in [0.29, 0.717) is 12.3 Å². The zero-order valence-electron chi connectivity index (χ0n) is 16.5. The molecule has 0 aromatic heterocycles. The molecule has 2 aromatic rings. The number of methoxy groups -OCH3 is 1. The number of amides is 1. The molecule has 0 bridgehead atoms. The van der Waals surface area contributed by atoms with Gasteiger partial charge >= 0.3 is 0 Å². The van der Waals surface area contributed by atoms with Gasteiger partial charge in [-0.25, -0.2) is 0 Å². The number of thioether (sulfide) groups is 1. The topological polar surface area (TPSA) is 44.8 Å². The first-order valence-corrected chi connectivity index (χ1v) is 10.8. The molecule has 2 aliphatic rings. The standard InChI is InChI=1S/C22H27N3O2S/c1-24-20-11-16(21(27-2)12-17(20)15-28-22(24)26)14-23-18-7-6-8-19(13-18)25-9-4-3-5-10-25/h6-8,11-13,23H,3-5,9-10,14-15H2,1-2H3. The van der Waals surface area contributed by atoms with Gasteiger partial charge < -0.3 is 19.9 Å². The number of anilines is 3. The molecule has 0 unspecified atom stereocenters. The Hall–Kier alpha value is -2.34. The van der Waals surface area contributed by atoms with Gasteiger partial charge in [-0.15, -0.1) is 0 Å². The number of hydrogen-bond donors (Lipinski definition) is 1. The van der Waals surface area contributed by atoms with Crippen molar-refractivity contribution in [2.24, 2.45) is 0 Å². The minimum atomic E-state index is 0.0887. The molecule has 5 nitrogen and oxygen atoms in total. The van der Waals surface area contributed by atoms with Crippen LogP contribution in [-0.2, 0) is 12.3 Å². The molecule has 2 heterocycles. The number of ether oxygens (including phenoxy) is 1.